The summed E-state index contributed by atoms with van der Waals surface area (Å²) < 4.78 is 39.2. The largest absolute Gasteiger partial charge is 0.494 e. The number of sulfonamides is 1. The van der Waals surface area contributed by atoms with Gasteiger partial charge in [-0.3, -0.25) is 9.59 Å². The van der Waals surface area contributed by atoms with Crippen molar-refractivity contribution in [2.45, 2.75) is 45.6 Å². The minimum Gasteiger partial charge on any atom is -0.494 e. The lowest BCUT2D eigenvalue weighted by molar-refractivity contribution is -0.142. The van der Waals surface area contributed by atoms with Gasteiger partial charge < -0.3 is 14.0 Å². The van der Waals surface area contributed by atoms with Crippen LogP contribution < -0.4 is 9.46 Å². The number of Topliss-reactive ketones (excluding diaryl/α,β-unsaturated/α-hetero) is 1. The number of hydrogen-bond donors (Lipinski definition) is 1. The van der Waals surface area contributed by atoms with Crippen molar-refractivity contribution < 1.29 is 27.5 Å². The molecule has 30 heavy (non-hydrogen) atoms. The third-order valence-corrected chi connectivity index (χ3v) is 6.10. The third kappa shape index (κ3) is 5.93. The van der Waals surface area contributed by atoms with Gasteiger partial charge >= 0.3 is 5.97 Å². The maximum atomic E-state index is 12.3. The first-order chi connectivity index (χ1) is 14.2. The molecule has 2 rings (SSSR count). The van der Waals surface area contributed by atoms with E-state index < -0.39 is 16.0 Å². The highest BCUT2D eigenvalue weighted by Gasteiger charge is 2.18. The number of benzene rings is 1. The molecule has 0 aliphatic rings. The Kier molecular flexibility index (Phi) is 8.19. The van der Waals surface area contributed by atoms with Crippen molar-refractivity contribution in [3.63, 3.8) is 0 Å². The van der Waals surface area contributed by atoms with Crippen LogP contribution in [0.2, 0.25) is 0 Å². The fourth-order valence-corrected chi connectivity index (χ4v) is 4.15. The number of hydrogen-bond acceptors (Lipinski definition) is 6. The summed E-state index contributed by atoms with van der Waals surface area (Å²) in [6.07, 6.45) is -0.183. The van der Waals surface area contributed by atoms with Crippen LogP contribution in [0.15, 0.2) is 35.2 Å². The molecule has 2 aromatic rings. The Hall–Kier alpha value is -2.65. The van der Waals surface area contributed by atoms with E-state index in [0.717, 1.165) is 17.9 Å². The van der Waals surface area contributed by atoms with E-state index in [9.17, 15) is 18.0 Å². The minimum atomic E-state index is -3.76. The maximum Gasteiger partial charge on any atom is 0.307 e. The van der Waals surface area contributed by atoms with E-state index in [2.05, 4.69) is 4.72 Å². The Balaban J connectivity index is 1.82. The smallest absolute Gasteiger partial charge is 0.307 e. The summed E-state index contributed by atoms with van der Waals surface area (Å²) in [4.78, 5) is 24.3. The second-order valence-corrected chi connectivity index (χ2v) is 8.43. The van der Waals surface area contributed by atoms with E-state index in [4.69, 9.17) is 9.47 Å². The molecule has 0 saturated carbocycles. The highest BCUT2D eigenvalue weighted by Crippen LogP contribution is 2.17. The minimum absolute atomic E-state index is 0.0702. The second kappa shape index (κ2) is 10.4. The molecule has 9 heteroatoms. The van der Waals surface area contributed by atoms with Gasteiger partial charge in [0.25, 0.3) is 0 Å². The fraction of sp³-hybridized carbons (Fsp3) is 0.429. The van der Waals surface area contributed by atoms with Crippen molar-refractivity contribution in [3.8, 4) is 5.75 Å². The SMILES string of the molecule is CCOc1ccc(S(=O)(=O)NCCC(=O)OCC(=O)c2cc(C)n(CC)c2C)cc1. The van der Waals surface area contributed by atoms with E-state index in [1.165, 1.54) is 12.1 Å². The first-order valence-corrected chi connectivity index (χ1v) is 11.3. The molecular formula is C21H28N2O6S. The Bertz CT molecular complexity index is 993. The van der Waals surface area contributed by atoms with Crippen LogP contribution in [0.1, 0.15) is 42.0 Å². The Morgan fingerprint density at radius 2 is 1.77 bits per heavy atom. The van der Waals surface area contributed by atoms with Crippen LogP contribution in [0.3, 0.4) is 0 Å². The molecule has 0 unspecified atom stereocenters. The summed E-state index contributed by atoms with van der Waals surface area (Å²) >= 11 is 0. The number of esters is 1. The van der Waals surface area contributed by atoms with Crippen molar-refractivity contribution in [1.82, 2.24) is 9.29 Å². The van der Waals surface area contributed by atoms with Crippen LogP contribution in [0.4, 0.5) is 0 Å². The molecule has 1 aromatic carbocycles. The molecule has 1 aromatic heterocycles. The maximum absolute atomic E-state index is 12.3. The van der Waals surface area contributed by atoms with Crippen LogP contribution in [0.25, 0.3) is 0 Å². The van der Waals surface area contributed by atoms with Gasteiger partial charge in [0.05, 0.1) is 17.9 Å². The molecule has 8 nitrogen and oxygen atoms in total. The second-order valence-electron chi connectivity index (χ2n) is 6.67. The van der Waals surface area contributed by atoms with Gasteiger partial charge in [-0.2, -0.15) is 0 Å². The average molecular weight is 437 g/mol. The molecule has 0 aliphatic heterocycles. The molecule has 1 N–H and O–H groups in total. The average Bonchev–Trinajstić information content (AvgIpc) is 3.00. The van der Waals surface area contributed by atoms with Crippen molar-refractivity contribution in [2.24, 2.45) is 0 Å². The lowest BCUT2D eigenvalue weighted by Gasteiger charge is -2.08. The summed E-state index contributed by atoms with van der Waals surface area (Å²) in [5.41, 5.74) is 2.32. The van der Waals surface area contributed by atoms with Crippen LogP contribution in [-0.2, 0) is 26.1 Å². The summed E-state index contributed by atoms with van der Waals surface area (Å²) in [7, 11) is -3.76. The van der Waals surface area contributed by atoms with Crippen molar-refractivity contribution >= 4 is 21.8 Å². The number of aromatic nitrogens is 1. The topological polar surface area (TPSA) is 104 Å². The lowest BCUT2D eigenvalue weighted by Crippen LogP contribution is -2.27. The normalized spacial score (nSPS) is 11.3. The van der Waals surface area contributed by atoms with Crippen LogP contribution in [0.5, 0.6) is 5.75 Å². The van der Waals surface area contributed by atoms with Gasteiger partial charge in [0.2, 0.25) is 15.8 Å². The summed E-state index contributed by atoms with van der Waals surface area (Å²) in [5, 5.41) is 0. The number of rotatable bonds is 11. The molecule has 0 atom stereocenters. The molecule has 0 amide bonds. The van der Waals surface area contributed by atoms with Crippen LogP contribution in [-0.4, -0.2) is 44.5 Å². The number of ether oxygens (including phenoxy) is 2. The third-order valence-electron chi connectivity index (χ3n) is 4.62. The number of nitrogens with zero attached hydrogens (tertiary/aromatic N) is 1. The summed E-state index contributed by atoms with van der Waals surface area (Å²) in [5.74, 6) is -0.363. The molecule has 1 heterocycles. The van der Waals surface area contributed by atoms with Gasteiger partial charge in [0, 0.05) is 30.0 Å². The number of nitrogens with one attached hydrogen (secondary N) is 1. The zero-order chi connectivity index (χ0) is 22.3. The molecule has 0 saturated heterocycles. The van der Waals surface area contributed by atoms with Gasteiger partial charge in [-0.05, 0) is 58.0 Å². The number of aryl methyl sites for hydroxylation is 1. The van der Waals surface area contributed by atoms with Crippen molar-refractivity contribution in [2.75, 3.05) is 19.8 Å². The number of ketones is 1. The first kappa shape index (κ1) is 23.6. The lowest BCUT2D eigenvalue weighted by atomic mass is 10.1. The molecule has 0 aliphatic carbocycles. The predicted octanol–water partition coefficient (Wildman–Crippen LogP) is 2.62. The fourth-order valence-electron chi connectivity index (χ4n) is 3.12. The monoisotopic (exact) mass is 436 g/mol. The number of carbonyl (C=O) groups excluding carboxylic acids is 2. The Morgan fingerprint density at radius 3 is 2.33 bits per heavy atom. The van der Waals surface area contributed by atoms with Crippen LogP contribution in [0, 0.1) is 13.8 Å². The first-order valence-electron chi connectivity index (χ1n) is 9.77. The van der Waals surface area contributed by atoms with Crippen LogP contribution >= 0.6 is 0 Å². The van der Waals surface area contributed by atoms with Crippen molar-refractivity contribution in [3.05, 3.63) is 47.3 Å². The summed E-state index contributed by atoms with van der Waals surface area (Å²) in [6.45, 7) is 8.31. The van der Waals surface area contributed by atoms with E-state index in [-0.39, 0.29) is 30.3 Å². The molecule has 164 valence electrons. The zero-order valence-corrected chi connectivity index (χ0v) is 18.5. The van der Waals surface area contributed by atoms with E-state index >= 15 is 0 Å². The quantitative estimate of drug-likeness (QED) is 0.429. The van der Waals surface area contributed by atoms with Gasteiger partial charge in [0.15, 0.2) is 6.61 Å². The predicted molar refractivity (Wildman–Crippen MR) is 112 cm³/mol. The van der Waals surface area contributed by atoms with Gasteiger partial charge in [-0.1, -0.05) is 0 Å². The van der Waals surface area contributed by atoms with E-state index in [1.54, 1.807) is 18.2 Å². The Labute approximate surface area is 177 Å². The highest BCUT2D eigenvalue weighted by atomic mass is 32.2. The zero-order valence-electron chi connectivity index (χ0n) is 17.7. The van der Waals surface area contributed by atoms with E-state index in [0.29, 0.717) is 17.9 Å². The molecular weight excluding hydrogens is 408 g/mol. The Morgan fingerprint density at radius 1 is 1.10 bits per heavy atom. The number of carbonyl (C=O) groups is 2. The van der Waals surface area contributed by atoms with E-state index in [1.807, 2.05) is 32.3 Å². The molecule has 0 spiro atoms. The summed E-state index contributed by atoms with van der Waals surface area (Å²) in [6, 6.07) is 7.76. The molecule has 0 radical (unpaired) electrons. The standard InChI is InChI=1S/C21H28N2O6S/c1-5-23-15(3)13-19(16(23)4)20(24)14-29-21(25)11-12-22-30(26,27)18-9-7-17(8-10-18)28-6-2/h7-10,13,22H,5-6,11-12,14H2,1-4H3. The van der Waals surface area contributed by atoms with Gasteiger partial charge in [0.1, 0.15) is 5.75 Å². The highest BCUT2D eigenvalue weighted by molar-refractivity contribution is 7.89. The van der Waals surface area contributed by atoms with Gasteiger partial charge in [-0.15, -0.1) is 0 Å². The van der Waals surface area contributed by atoms with Crippen molar-refractivity contribution in [1.29, 1.82) is 0 Å². The van der Waals surface area contributed by atoms with Gasteiger partial charge in [-0.25, -0.2) is 13.1 Å². The molecule has 0 fully saturated rings. The molecule has 0 bridgehead atoms.